The number of hydrogen-bond donors (Lipinski definition) is 1. The van der Waals surface area contributed by atoms with Crippen molar-refractivity contribution in [2.75, 3.05) is 0 Å². The lowest BCUT2D eigenvalue weighted by Gasteiger charge is -2.08. The van der Waals surface area contributed by atoms with Crippen molar-refractivity contribution in [1.29, 1.82) is 0 Å². The van der Waals surface area contributed by atoms with E-state index in [1.54, 1.807) is 30.5 Å². The minimum Gasteiger partial charge on any atom is -0.489 e. The molecule has 0 fully saturated rings. The van der Waals surface area contributed by atoms with Gasteiger partial charge in [0.25, 0.3) is 5.91 Å². The second-order valence-electron chi connectivity index (χ2n) is 5.80. The number of halogens is 3. The van der Waals surface area contributed by atoms with Crippen LogP contribution in [-0.4, -0.2) is 12.1 Å². The van der Waals surface area contributed by atoms with Crippen LogP contribution in [0.25, 0.3) is 0 Å². The van der Waals surface area contributed by atoms with Crippen LogP contribution in [0.3, 0.4) is 0 Å². The average Bonchev–Trinajstić information content (AvgIpc) is 2.68. The molecule has 0 aliphatic carbocycles. The van der Waals surface area contributed by atoms with Crippen LogP contribution in [0.15, 0.2) is 80.8 Å². The summed E-state index contributed by atoms with van der Waals surface area (Å²) >= 11 is 12.8. The first-order valence-corrected chi connectivity index (χ1v) is 10.2. The quantitative estimate of drug-likeness (QED) is 0.309. The molecular formula is C21H15Br2ClN2O2. The fraction of sp³-hybridized carbons (Fsp3) is 0.0476. The van der Waals surface area contributed by atoms with E-state index in [0.29, 0.717) is 17.2 Å². The molecule has 1 N–H and O–H groups in total. The molecule has 3 aromatic rings. The van der Waals surface area contributed by atoms with E-state index < -0.39 is 0 Å². The van der Waals surface area contributed by atoms with E-state index in [-0.39, 0.29) is 5.91 Å². The van der Waals surface area contributed by atoms with Gasteiger partial charge in [-0.25, -0.2) is 5.43 Å². The summed E-state index contributed by atoms with van der Waals surface area (Å²) in [5.74, 6) is 0.425. The molecule has 28 heavy (non-hydrogen) atoms. The van der Waals surface area contributed by atoms with Crippen molar-refractivity contribution in [1.82, 2.24) is 5.43 Å². The SMILES string of the molecule is O=C(N/N=C\c1ccc(OCc2ccc(Br)cc2Br)cc1)c1cccc(Cl)c1. The molecule has 0 heterocycles. The molecular weight excluding hydrogens is 508 g/mol. The maximum absolute atomic E-state index is 12.0. The highest BCUT2D eigenvalue weighted by Crippen LogP contribution is 2.23. The number of benzene rings is 3. The Morgan fingerprint density at radius 2 is 1.86 bits per heavy atom. The smallest absolute Gasteiger partial charge is 0.271 e. The lowest BCUT2D eigenvalue weighted by molar-refractivity contribution is 0.0955. The van der Waals surface area contributed by atoms with Gasteiger partial charge in [0.15, 0.2) is 0 Å². The second kappa shape index (κ2) is 9.87. The molecule has 0 aliphatic rings. The van der Waals surface area contributed by atoms with Crippen LogP contribution < -0.4 is 10.2 Å². The second-order valence-corrected chi connectivity index (χ2v) is 8.01. The first kappa shape index (κ1) is 20.6. The third-order valence-electron chi connectivity index (χ3n) is 3.76. The van der Waals surface area contributed by atoms with Crippen molar-refractivity contribution in [2.24, 2.45) is 5.10 Å². The topological polar surface area (TPSA) is 50.7 Å². The molecule has 3 aromatic carbocycles. The normalized spacial score (nSPS) is 10.8. The molecule has 142 valence electrons. The number of nitrogens with one attached hydrogen (secondary N) is 1. The molecule has 4 nitrogen and oxygen atoms in total. The fourth-order valence-corrected chi connectivity index (χ4v) is 3.66. The van der Waals surface area contributed by atoms with Crippen molar-refractivity contribution in [3.8, 4) is 5.75 Å². The van der Waals surface area contributed by atoms with Gasteiger partial charge in [0.1, 0.15) is 12.4 Å². The van der Waals surface area contributed by atoms with Gasteiger partial charge >= 0.3 is 0 Å². The van der Waals surface area contributed by atoms with Crippen molar-refractivity contribution in [3.63, 3.8) is 0 Å². The number of hydrazone groups is 1. The third-order valence-corrected chi connectivity index (χ3v) is 5.22. The Balaban J connectivity index is 1.53. The summed E-state index contributed by atoms with van der Waals surface area (Å²) in [6.45, 7) is 0.455. The molecule has 0 aliphatic heterocycles. The predicted molar refractivity (Wildman–Crippen MR) is 119 cm³/mol. The monoisotopic (exact) mass is 520 g/mol. The zero-order valence-corrected chi connectivity index (χ0v) is 18.5. The summed E-state index contributed by atoms with van der Waals surface area (Å²) in [7, 11) is 0. The van der Waals surface area contributed by atoms with Gasteiger partial charge in [-0.05, 0) is 60.2 Å². The average molecular weight is 523 g/mol. The van der Waals surface area contributed by atoms with Gasteiger partial charge < -0.3 is 4.74 Å². The summed E-state index contributed by atoms with van der Waals surface area (Å²) in [6, 6.07) is 20.1. The van der Waals surface area contributed by atoms with Crippen molar-refractivity contribution in [2.45, 2.75) is 6.61 Å². The first-order valence-electron chi connectivity index (χ1n) is 8.27. The van der Waals surface area contributed by atoms with E-state index in [1.165, 1.54) is 0 Å². The van der Waals surface area contributed by atoms with Crippen LogP contribution in [0.1, 0.15) is 21.5 Å². The molecule has 0 radical (unpaired) electrons. The van der Waals surface area contributed by atoms with Crippen LogP contribution >= 0.6 is 43.5 Å². The van der Waals surface area contributed by atoms with Crippen LogP contribution in [0.4, 0.5) is 0 Å². The molecule has 0 saturated heterocycles. The first-order chi connectivity index (χ1) is 13.5. The molecule has 3 rings (SSSR count). The largest absolute Gasteiger partial charge is 0.489 e. The van der Waals surface area contributed by atoms with Crippen LogP contribution in [0, 0.1) is 0 Å². The Hall–Kier alpha value is -2.15. The summed E-state index contributed by atoms with van der Waals surface area (Å²) in [4.78, 5) is 12.0. The van der Waals surface area contributed by atoms with Gasteiger partial charge in [-0.15, -0.1) is 0 Å². The number of carbonyl (C=O) groups excluding carboxylic acids is 1. The predicted octanol–water partition coefficient (Wildman–Crippen LogP) is 6.21. The number of ether oxygens (including phenoxy) is 1. The Labute approximate surface area is 184 Å². The van der Waals surface area contributed by atoms with E-state index in [2.05, 4.69) is 42.4 Å². The van der Waals surface area contributed by atoms with Crippen LogP contribution in [0.5, 0.6) is 5.75 Å². The molecule has 0 atom stereocenters. The molecule has 0 aromatic heterocycles. The van der Waals surface area contributed by atoms with E-state index in [0.717, 1.165) is 25.8 Å². The Morgan fingerprint density at radius 1 is 1.07 bits per heavy atom. The summed E-state index contributed by atoms with van der Waals surface area (Å²) in [6.07, 6.45) is 1.57. The van der Waals surface area contributed by atoms with Gasteiger partial charge in [0.2, 0.25) is 0 Å². The highest BCUT2D eigenvalue weighted by atomic mass is 79.9. The Kier molecular flexibility index (Phi) is 7.25. The summed E-state index contributed by atoms with van der Waals surface area (Å²) in [5, 5.41) is 4.47. The molecule has 0 unspecified atom stereocenters. The standard InChI is InChI=1S/C21H15Br2ClN2O2/c22-17-7-6-16(20(23)11-17)13-28-19-8-4-14(5-9-19)12-25-26-21(27)15-2-1-3-18(24)10-15/h1-12H,13H2,(H,26,27)/b25-12-. The zero-order chi connectivity index (χ0) is 19.9. The molecule has 0 saturated carbocycles. The van der Waals surface area contributed by atoms with Gasteiger partial charge in [-0.2, -0.15) is 5.10 Å². The fourth-order valence-electron chi connectivity index (χ4n) is 2.31. The Bertz CT molecular complexity index is 1010. The molecule has 7 heteroatoms. The zero-order valence-electron chi connectivity index (χ0n) is 14.5. The van der Waals surface area contributed by atoms with E-state index in [9.17, 15) is 4.79 Å². The number of hydrogen-bond acceptors (Lipinski definition) is 3. The molecule has 0 spiro atoms. The van der Waals surface area contributed by atoms with E-state index in [1.807, 2.05) is 42.5 Å². The molecule has 0 bridgehead atoms. The number of nitrogens with zero attached hydrogens (tertiary/aromatic N) is 1. The van der Waals surface area contributed by atoms with Gasteiger partial charge in [0, 0.05) is 25.1 Å². The lowest BCUT2D eigenvalue weighted by Crippen LogP contribution is -2.17. The maximum Gasteiger partial charge on any atom is 0.271 e. The number of rotatable bonds is 6. The van der Waals surface area contributed by atoms with Gasteiger partial charge in [-0.3, -0.25) is 4.79 Å². The van der Waals surface area contributed by atoms with Crippen molar-refractivity contribution < 1.29 is 9.53 Å². The third kappa shape index (κ3) is 5.92. The van der Waals surface area contributed by atoms with Gasteiger partial charge in [0.05, 0.1) is 6.21 Å². The minimum absolute atomic E-state index is 0.321. The van der Waals surface area contributed by atoms with Crippen molar-refractivity contribution >= 4 is 55.6 Å². The summed E-state index contributed by atoms with van der Waals surface area (Å²) < 4.78 is 7.80. The maximum atomic E-state index is 12.0. The van der Waals surface area contributed by atoms with Gasteiger partial charge in [-0.1, -0.05) is 55.6 Å². The highest BCUT2D eigenvalue weighted by Gasteiger charge is 2.04. The van der Waals surface area contributed by atoms with Crippen molar-refractivity contribution in [3.05, 3.63) is 97.4 Å². The molecule has 1 amide bonds. The number of carbonyl (C=O) groups is 1. The van der Waals surface area contributed by atoms with Crippen LogP contribution in [0.2, 0.25) is 5.02 Å². The minimum atomic E-state index is -0.321. The number of amides is 1. The Morgan fingerprint density at radius 3 is 2.57 bits per heavy atom. The van der Waals surface area contributed by atoms with E-state index >= 15 is 0 Å². The highest BCUT2D eigenvalue weighted by molar-refractivity contribution is 9.11. The summed E-state index contributed by atoms with van der Waals surface area (Å²) in [5.41, 5.74) is 4.82. The van der Waals surface area contributed by atoms with E-state index in [4.69, 9.17) is 16.3 Å². The lowest BCUT2D eigenvalue weighted by atomic mass is 10.2. The van der Waals surface area contributed by atoms with Crippen LogP contribution in [-0.2, 0) is 6.61 Å².